The van der Waals surface area contributed by atoms with E-state index in [2.05, 4.69) is 0 Å². The number of halogens is 1. The van der Waals surface area contributed by atoms with Crippen molar-refractivity contribution in [3.8, 4) is 22.5 Å². The van der Waals surface area contributed by atoms with Crippen LogP contribution >= 0.6 is 11.6 Å². The molecule has 0 aliphatic rings. The van der Waals surface area contributed by atoms with Crippen LogP contribution in [0.1, 0.15) is 15.9 Å². The van der Waals surface area contributed by atoms with Crippen molar-refractivity contribution in [1.82, 2.24) is 9.97 Å². The Balaban J connectivity index is 1.76. The van der Waals surface area contributed by atoms with Crippen LogP contribution in [0.15, 0.2) is 103 Å². The van der Waals surface area contributed by atoms with Gasteiger partial charge < -0.3 is 0 Å². The number of nitrogens with zero attached hydrogens (tertiary/aromatic N) is 2. The summed E-state index contributed by atoms with van der Waals surface area (Å²) in [5, 5.41) is 0.527. The lowest BCUT2D eigenvalue weighted by molar-refractivity contribution is 0.103. The summed E-state index contributed by atoms with van der Waals surface area (Å²) in [5.41, 5.74) is 5.79. The molecule has 0 unspecified atom stereocenters. The summed E-state index contributed by atoms with van der Waals surface area (Å²) in [4.78, 5) is 23.2. The van der Waals surface area contributed by atoms with Crippen molar-refractivity contribution in [2.45, 2.75) is 0 Å². The summed E-state index contributed by atoms with van der Waals surface area (Å²) < 4.78 is 0. The summed E-state index contributed by atoms with van der Waals surface area (Å²) in [6.07, 6.45) is 0. The standard InChI is InChI=1S/C27H17ClN2O/c28-20-12-8-11-19(17-20)27(31)22-14-5-4-13-21(22)26-25(18-9-2-1-3-10-18)29-23-15-6-7-16-24(23)30-26/h1-17H. The van der Waals surface area contributed by atoms with Gasteiger partial charge in [0.2, 0.25) is 0 Å². The Morgan fingerprint density at radius 2 is 1.29 bits per heavy atom. The quantitative estimate of drug-likeness (QED) is 0.298. The highest BCUT2D eigenvalue weighted by atomic mass is 35.5. The van der Waals surface area contributed by atoms with Gasteiger partial charge in [0, 0.05) is 27.3 Å². The molecule has 0 aliphatic heterocycles. The molecule has 5 rings (SSSR count). The molecule has 0 saturated heterocycles. The van der Waals surface area contributed by atoms with Crippen LogP contribution in [-0.2, 0) is 0 Å². The van der Waals surface area contributed by atoms with E-state index in [4.69, 9.17) is 21.6 Å². The first-order valence-electron chi connectivity index (χ1n) is 9.92. The van der Waals surface area contributed by atoms with Crippen molar-refractivity contribution in [2.75, 3.05) is 0 Å². The Hall–Kier alpha value is -3.82. The molecule has 0 radical (unpaired) electrons. The zero-order valence-corrected chi connectivity index (χ0v) is 17.3. The molecule has 4 aromatic carbocycles. The first kappa shape index (κ1) is 19.2. The number of carbonyl (C=O) groups excluding carboxylic acids is 1. The van der Waals surface area contributed by atoms with Crippen molar-refractivity contribution in [3.05, 3.63) is 119 Å². The lowest BCUT2D eigenvalue weighted by atomic mass is 9.94. The SMILES string of the molecule is O=C(c1cccc(Cl)c1)c1ccccc1-c1nc2ccccc2nc1-c1ccccc1. The molecule has 4 heteroatoms. The number of benzene rings is 4. The molecule has 148 valence electrons. The monoisotopic (exact) mass is 420 g/mol. The molecule has 0 bridgehead atoms. The normalized spacial score (nSPS) is 10.9. The molecule has 0 atom stereocenters. The minimum atomic E-state index is -0.105. The van der Waals surface area contributed by atoms with Gasteiger partial charge >= 0.3 is 0 Å². The number of aromatic nitrogens is 2. The van der Waals surface area contributed by atoms with Crippen LogP contribution in [0.25, 0.3) is 33.5 Å². The van der Waals surface area contributed by atoms with Gasteiger partial charge in [-0.1, -0.05) is 90.5 Å². The highest BCUT2D eigenvalue weighted by molar-refractivity contribution is 6.31. The third kappa shape index (κ3) is 3.72. The number of para-hydroxylation sites is 2. The van der Waals surface area contributed by atoms with Crippen LogP contribution < -0.4 is 0 Å². The average Bonchev–Trinajstić information content (AvgIpc) is 2.83. The average molecular weight is 421 g/mol. The van der Waals surface area contributed by atoms with Crippen LogP contribution in [-0.4, -0.2) is 15.8 Å². The molecule has 0 amide bonds. The van der Waals surface area contributed by atoms with E-state index < -0.39 is 0 Å². The Labute approximate surface area is 185 Å². The smallest absolute Gasteiger partial charge is 0.193 e. The fourth-order valence-electron chi connectivity index (χ4n) is 3.66. The maximum absolute atomic E-state index is 13.4. The van der Waals surface area contributed by atoms with Gasteiger partial charge in [0.05, 0.1) is 22.4 Å². The van der Waals surface area contributed by atoms with Crippen LogP contribution in [0.5, 0.6) is 0 Å². The van der Waals surface area contributed by atoms with Crippen molar-refractivity contribution in [1.29, 1.82) is 0 Å². The van der Waals surface area contributed by atoms with Crippen molar-refractivity contribution < 1.29 is 4.79 Å². The number of hydrogen-bond donors (Lipinski definition) is 0. The van der Waals surface area contributed by atoms with Crippen LogP contribution in [0.2, 0.25) is 5.02 Å². The Kier molecular flexibility index (Phi) is 5.03. The van der Waals surface area contributed by atoms with Gasteiger partial charge in [-0.05, 0) is 24.3 Å². The fourth-order valence-corrected chi connectivity index (χ4v) is 3.85. The maximum Gasteiger partial charge on any atom is 0.193 e. The summed E-state index contributed by atoms with van der Waals surface area (Å²) in [7, 11) is 0. The first-order valence-corrected chi connectivity index (χ1v) is 10.3. The van der Waals surface area contributed by atoms with Crippen LogP contribution in [0.4, 0.5) is 0 Å². The molecule has 0 saturated carbocycles. The van der Waals surface area contributed by atoms with Crippen LogP contribution in [0.3, 0.4) is 0 Å². The Bertz CT molecular complexity index is 1410. The number of hydrogen-bond acceptors (Lipinski definition) is 3. The number of rotatable bonds is 4. The molecule has 5 aromatic rings. The predicted molar refractivity (Wildman–Crippen MR) is 125 cm³/mol. The van der Waals surface area contributed by atoms with Gasteiger partial charge in [0.25, 0.3) is 0 Å². The van der Waals surface area contributed by atoms with Crippen molar-refractivity contribution in [2.24, 2.45) is 0 Å². The molecule has 0 fully saturated rings. The first-order chi connectivity index (χ1) is 15.2. The second-order valence-electron chi connectivity index (χ2n) is 7.16. The lowest BCUT2D eigenvalue weighted by Crippen LogP contribution is -2.05. The van der Waals surface area contributed by atoms with Gasteiger partial charge in [0.1, 0.15) is 0 Å². The largest absolute Gasteiger partial charge is 0.289 e. The zero-order chi connectivity index (χ0) is 21.2. The molecule has 3 nitrogen and oxygen atoms in total. The molecule has 31 heavy (non-hydrogen) atoms. The summed E-state index contributed by atoms with van der Waals surface area (Å²) in [5.74, 6) is -0.105. The van der Waals surface area contributed by atoms with Crippen LogP contribution in [0, 0.1) is 0 Å². The van der Waals surface area contributed by atoms with Crippen molar-refractivity contribution >= 4 is 28.4 Å². The van der Waals surface area contributed by atoms with Crippen molar-refractivity contribution in [3.63, 3.8) is 0 Å². The van der Waals surface area contributed by atoms with Gasteiger partial charge in [-0.25, -0.2) is 9.97 Å². The van der Waals surface area contributed by atoms with E-state index in [-0.39, 0.29) is 5.78 Å². The number of ketones is 1. The van der Waals surface area contributed by atoms with Gasteiger partial charge in [-0.15, -0.1) is 0 Å². The highest BCUT2D eigenvalue weighted by Gasteiger charge is 2.20. The molecule has 0 spiro atoms. The third-order valence-electron chi connectivity index (χ3n) is 5.13. The van der Waals surface area contributed by atoms with Gasteiger partial charge in [0.15, 0.2) is 5.78 Å². The maximum atomic E-state index is 13.4. The number of fused-ring (bicyclic) bond motifs is 1. The van der Waals surface area contributed by atoms with E-state index in [0.29, 0.717) is 21.8 Å². The number of carbonyl (C=O) groups is 1. The van der Waals surface area contributed by atoms with E-state index in [1.165, 1.54) is 0 Å². The van der Waals surface area contributed by atoms with E-state index in [0.717, 1.165) is 27.9 Å². The predicted octanol–water partition coefficient (Wildman–Crippen LogP) is 6.85. The summed E-state index contributed by atoms with van der Waals surface area (Å²) in [6, 6.07) is 32.2. The Morgan fingerprint density at radius 3 is 2.03 bits per heavy atom. The van der Waals surface area contributed by atoms with E-state index in [9.17, 15) is 4.79 Å². The van der Waals surface area contributed by atoms with Gasteiger partial charge in [-0.3, -0.25) is 4.79 Å². The Morgan fingerprint density at radius 1 is 0.645 bits per heavy atom. The topological polar surface area (TPSA) is 42.9 Å². The molecule has 1 heterocycles. The highest BCUT2D eigenvalue weighted by Crippen LogP contribution is 2.33. The molecular formula is C27H17ClN2O. The molecule has 0 N–H and O–H groups in total. The fraction of sp³-hybridized carbons (Fsp3) is 0. The molecule has 0 aliphatic carbocycles. The second kappa shape index (κ2) is 8.13. The van der Waals surface area contributed by atoms with E-state index in [1.807, 2.05) is 78.9 Å². The lowest BCUT2D eigenvalue weighted by Gasteiger charge is -2.14. The minimum Gasteiger partial charge on any atom is -0.289 e. The third-order valence-corrected chi connectivity index (χ3v) is 5.37. The summed E-state index contributed by atoms with van der Waals surface area (Å²) in [6.45, 7) is 0. The van der Waals surface area contributed by atoms with E-state index in [1.54, 1.807) is 24.3 Å². The van der Waals surface area contributed by atoms with E-state index >= 15 is 0 Å². The molecule has 1 aromatic heterocycles. The second-order valence-corrected chi connectivity index (χ2v) is 7.60. The minimum absolute atomic E-state index is 0.105. The zero-order valence-electron chi connectivity index (χ0n) is 16.5. The van der Waals surface area contributed by atoms with Gasteiger partial charge in [-0.2, -0.15) is 0 Å². The summed E-state index contributed by atoms with van der Waals surface area (Å²) >= 11 is 6.13. The molecular weight excluding hydrogens is 404 g/mol.